The van der Waals surface area contributed by atoms with Crippen molar-refractivity contribution in [2.75, 3.05) is 5.73 Å². The van der Waals surface area contributed by atoms with Gasteiger partial charge >= 0.3 is 0 Å². The predicted octanol–water partition coefficient (Wildman–Crippen LogP) is 9.09. The van der Waals surface area contributed by atoms with E-state index in [1.807, 2.05) is 36.4 Å². The fourth-order valence-electron chi connectivity index (χ4n) is 5.18. The quantitative estimate of drug-likeness (QED) is 0.159. The smallest absolute Gasteiger partial charge is 0.109 e. The molecule has 2 N–H and O–H groups in total. The molecule has 0 saturated heterocycles. The zero-order valence-corrected chi connectivity index (χ0v) is 19.5. The topological polar surface area (TPSA) is 55.7 Å². The van der Waals surface area contributed by atoms with Gasteiger partial charge in [0.25, 0.3) is 0 Å². The van der Waals surface area contributed by atoms with E-state index in [1.54, 1.807) is 0 Å². The molecular formula is C32H22N4. The number of benzene rings is 6. The molecule has 0 amide bonds. The van der Waals surface area contributed by atoms with Crippen LogP contribution in [0.25, 0.3) is 49.0 Å². The molecule has 0 atom stereocenters. The molecule has 0 radical (unpaired) electrons. The Hall–Kier alpha value is -4.96. The summed E-state index contributed by atoms with van der Waals surface area (Å²) in [5.74, 6) is 0. The van der Waals surface area contributed by atoms with Gasteiger partial charge in [0.05, 0.1) is 22.4 Å². The van der Waals surface area contributed by atoms with Crippen LogP contribution in [-0.2, 0) is 0 Å². The average molecular weight is 463 g/mol. The maximum Gasteiger partial charge on any atom is 0.109 e. The summed E-state index contributed by atoms with van der Waals surface area (Å²) < 4.78 is 2.33. The van der Waals surface area contributed by atoms with Crippen LogP contribution in [0.3, 0.4) is 0 Å². The van der Waals surface area contributed by atoms with E-state index in [0.717, 1.165) is 32.9 Å². The lowest BCUT2D eigenvalue weighted by Gasteiger charge is -2.13. The van der Waals surface area contributed by atoms with E-state index >= 15 is 0 Å². The number of fused-ring (bicyclic) bond motifs is 6. The maximum atomic E-state index is 6.74. The first-order valence-electron chi connectivity index (χ1n) is 12.0. The molecule has 0 fully saturated rings. The molecule has 0 saturated carbocycles. The number of nitrogens with two attached hydrogens (primary N) is 1. The Kier molecular flexibility index (Phi) is 4.57. The molecule has 36 heavy (non-hydrogen) atoms. The number of hydrogen-bond donors (Lipinski definition) is 1. The zero-order valence-electron chi connectivity index (χ0n) is 19.5. The molecule has 0 spiro atoms. The first kappa shape index (κ1) is 20.4. The van der Waals surface area contributed by atoms with E-state index in [1.165, 1.54) is 21.8 Å². The Morgan fingerprint density at radius 1 is 0.528 bits per heavy atom. The molecule has 4 nitrogen and oxygen atoms in total. The van der Waals surface area contributed by atoms with Crippen LogP contribution < -0.4 is 5.73 Å². The summed E-state index contributed by atoms with van der Waals surface area (Å²) in [4.78, 5) is 0. The van der Waals surface area contributed by atoms with Crippen LogP contribution >= 0.6 is 0 Å². The summed E-state index contributed by atoms with van der Waals surface area (Å²) in [6, 6.07) is 41.7. The molecule has 0 aliphatic carbocycles. The van der Waals surface area contributed by atoms with Gasteiger partial charge in [-0.15, -0.1) is 5.11 Å². The first-order chi connectivity index (χ1) is 17.8. The third kappa shape index (κ3) is 3.16. The van der Waals surface area contributed by atoms with Crippen molar-refractivity contribution < 1.29 is 0 Å². The normalized spacial score (nSPS) is 11.9. The number of rotatable bonds is 3. The van der Waals surface area contributed by atoms with Crippen LogP contribution in [0, 0.1) is 0 Å². The molecule has 0 aliphatic rings. The van der Waals surface area contributed by atoms with Crippen LogP contribution in [-0.4, -0.2) is 4.57 Å². The summed E-state index contributed by atoms with van der Waals surface area (Å²) in [6.07, 6.45) is 0. The largest absolute Gasteiger partial charge is 0.396 e. The van der Waals surface area contributed by atoms with Gasteiger partial charge in [-0.1, -0.05) is 78.9 Å². The van der Waals surface area contributed by atoms with Crippen LogP contribution in [0.15, 0.2) is 132 Å². The monoisotopic (exact) mass is 462 g/mol. The van der Waals surface area contributed by atoms with Gasteiger partial charge in [0.1, 0.15) is 5.69 Å². The molecule has 6 aromatic carbocycles. The van der Waals surface area contributed by atoms with Crippen molar-refractivity contribution in [1.82, 2.24) is 4.57 Å². The van der Waals surface area contributed by atoms with E-state index in [9.17, 15) is 0 Å². The minimum absolute atomic E-state index is 0.636. The summed E-state index contributed by atoms with van der Waals surface area (Å²) in [5, 5.41) is 15.7. The Labute approximate surface area is 207 Å². The summed E-state index contributed by atoms with van der Waals surface area (Å²) >= 11 is 0. The second kappa shape index (κ2) is 8.07. The first-order valence-corrected chi connectivity index (χ1v) is 12.0. The molecular weight excluding hydrogens is 440 g/mol. The van der Waals surface area contributed by atoms with E-state index in [4.69, 9.17) is 5.73 Å². The van der Waals surface area contributed by atoms with Crippen molar-refractivity contribution >= 4 is 60.4 Å². The highest BCUT2D eigenvalue weighted by atomic mass is 15.1. The molecule has 7 aromatic rings. The van der Waals surface area contributed by atoms with Crippen LogP contribution in [0.2, 0.25) is 0 Å². The van der Waals surface area contributed by atoms with Crippen molar-refractivity contribution in [3.63, 3.8) is 0 Å². The molecule has 170 valence electrons. The van der Waals surface area contributed by atoms with Crippen molar-refractivity contribution in [3.05, 3.63) is 121 Å². The third-order valence-corrected chi connectivity index (χ3v) is 6.87. The molecule has 1 aromatic heterocycles. The van der Waals surface area contributed by atoms with Gasteiger partial charge in [0.15, 0.2) is 0 Å². The van der Waals surface area contributed by atoms with Gasteiger partial charge in [-0.25, -0.2) is 0 Å². The lowest BCUT2D eigenvalue weighted by molar-refractivity contribution is 1.19. The molecule has 0 aliphatic heterocycles. The van der Waals surface area contributed by atoms with Crippen LogP contribution in [0.4, 0.5) is 17.1 Å². The minimum atomic E-state index is 0.636. The van der Waals surface area contributed by atoms with Crippen molar-refractivity contribution in [1.29, 1.82) is 0 Å². The SMILES string of the molecule is Nc1c(N=Nc2ccccc2)ccc2ccc3ccc(-n4c5ccccc5c5ccccc54)cc3c12. The molecule has 0 bridgehead atoms. The van der Waals surface area contributed by atoms with Gasteiger partial charge in [-0.05, 0) is 58.6 Å². The number of nitrogen functional groups attached to an aromatic ring is 1. The molecule has 4 heteroatoms. The molecule has 7 rings (SSSR count). The highest BCUT2D eigenvalue weighted by Gasteiger charge is 2.14. The van der Waals surface area contributed by atoms with E-state index in [-0.39, 0.29) is 0 Å². The van der Waals surface area contributed by atoms with Gasteiger partial charge in [-0.3, -0.25) is 0 Å². The van der Waals surface area contributed by atoms with Gasteiger partial charge < -0.3 is 10.3 Å². The number of anilines is 1. The Morgan fingerprint density at radius 3 is 1.89 bits per heavy atom. The molecule has 0 unspecified atom stereocenters. The number of nitrogens with zero attached hydrogens (tertiary/aromatic N) is 3. The Bertz CT molecular complexity index is 1900. The standard InChI is InChI=1S/C32H22N4/c33-32-28(35-34-23-8-2-1-3-9-23)19-17-22-15-14-21-16-18-24(20-27(21)31(22)32)36-29-12-6-4-10-25(29)26-11-5-7-13-30(26)36/h1-20H,33H2. The van der Waals surface area contributed by atoms with Gasteiger partial charge in [-0.2, -0.15) is 5.11 Å². The van der Waals surface area contributed by atoms with Gasteiger partial charge in [0, 0.05) is 21.8 Å². The maximum absolute atomic E-state index is 6.74. The fourth-order valence-corrected chi connectivity index (χ4v) is 5.18. The highest BCUT2D eigenvalue weighted by Crippen LogP contribution is 2.39. The number of para-hydroxylation sites is 2. The summed E-state index contributed by atoms with van der Waals surface area (Å²) in [6.45, 7) is 0. The minimum Gasteiger partial charge on any atom is -0.396 e. The second-order valence-corrected chi connectivity index (χ2v) is 8.97. The van der Waals surface area contributed by atoms with E-state index in [0.29, 0.717) is 11.4 Å². The average Bonchev–Trinajstić information content (AvgIpc) is 3.27. The zero-order chi connectivity index (χ0) is 24.1. The van der Waals surface area contributed by atoms with Crippen LogP contribution in [0.1, 0.15) is 0 Å². The molecule has 1 heterocycles. The fraction of sp³-hybridized carbons (Fsp3) is 0. The Morgan fingerprint density at radius 2 is 1.14 bits per heavy atom. The lowest BCUT2D eigenvalue weighted by atomic mass is 9.99. The van der Waals surface area contributed by atoms with Crippen molar-refractivity contribution in [2.45, 2.75) is 0 Å². The van der Waals surface area contributed by atoms with Crippen LogP contribution in [0.5, 0.6) is 0 Å². The van der Waals surface area contributed by atoms with Gasteiger partial charge in [0.2, 0.25) is 0 Å². The lowest BCUT2D eigenvalue weighted by Crippen LogP contribution is -1.95. The predicted molar refractivity (Wildman–Crippen MR) is 151 cm³/mol. The summed E-state index contributed by atoms with van der Waals surface area (Å²) in [7, 11) is 0. The highest BCUT2D eigenvalue weighted by molar-refractivity contribution is 6.16. The van der Waals surface area contributed by atoms with E-state index < -0.39 is 0 Å². The van der Waals surface area contributed by atoms with Crippen molar-refractivity contribution in [3.8, 4) is 5.69 Å². The number of hydrogen-bond acceptors (Lipinski definition) is 3. The Balaban J connectivity index is 1.48. The van der Waals surface area contributed by atoms with E-state index in [2.05, 4.69) is 99.7 Å². The second-order valence-electron chi connectivity index (χ2n) is 8.97. The number of aromatic nitrogens is 1. The van der Waals surface area contributed by atoms with Crippen molar-refractivity contribution in [2.24, 2.45) is 10.2 Å². The summed E-state index contributed by atoms with van der Waals surface area (Å²) in [5.41, 5.74) is 12.3. The number of azo groups is 1. The third-order valence-electron chi connectivity index (χ3n) is 6.87.